The van der Waals surface area contributed by atoms with Crippen LogP contribution in [0.4, 0.5) is 15.3 Å². The Kier molecular flexibility index (Phi) is 5.53. The monoisotopic (exact) mass is 388 g/mol. The fraction of sp³-hybridized carbons (Fsp3) is 0.474. The van der Waals surface area contributed by atoms with Gasteiger partial charge in [0.2, 0.25) is 0 Å². The maximum Gasteiger partial charge on any atom is 0.409 e. The molecule has 9 heteroatoms. The third-order valence-corrected chi connectivity index (χ3v) is 4.78. The van der Waals surface area contributed by atoms with Crippen molar-refractivity contribution in [2.45, 2.75) is 26.8 Å². The van der Waals surface area contributed by atoms with E-state index in [-0.39, 0.29) is 30.0 Å². The van der Waals surface area contributed by atoms with Gasteiger partial charge in [-0.1, -0.05) is 0 Å². The second kappa shape index (κ2) is 7.87. The number of nitrogens with zero attached hydrogens (tertiary/aromatic N) is 3. The van der Waals surface area contributed by atoms with E-state index >= 15 is 0 Å². The van der Waals surface area contributed by atoms with Crippen LogP contribution in [0, 0.1) is 0 Å². The number of anilines is 1. The minimum Gasteiger partial charge on any atom is -0.450 e. The molecule has 2 aliphatic heterocycles. The van der Waals surface area contributed by atoms with Gasteiger partial charge < -0.3 is 19.9 Å². The molecule has 1 N–H and O–H groups in total. The molecule has 0 saturated carbocycles. The van der Waals surface area contributed by atoms with Crippen molar-refractivity contribution in [2.75, 3.05) is 38.1 Å². The molecule has 0 aliphatic carbocycles. The summed E-state index contributed by atoms with van der Waals surface area (Å²) in [5, 5.41) is 2.76. The van der Waals surface area contributed by atoms with Gasteiger partial charge in [-0.2, -0.15) is 0 Å². The van der Waals surface area contributed by atoms with Crippen LogP contribution in [0.2, 0.25) is 0 Å². The van der Waals surface area contributed by atoms with Crippen LogP contribution in [-0.4, -0.2) is 77.5 Å². The molecule has 0 atom stereocenters. The Morgan fingerprint density at radius 2 is 1.64 bits per heavy atom. The molecule has 0 bridgehead atoms. The van der Waals surface area contributed by atoms with Crippen LogP contribution >= 0.6 is 0 Å². The second-order valence-corrected chi connectivity index (χ2v) is 6.94. The zero-order valence-electron chi connectivity index (χ0n) is 16.2. The fourth-order valence-corrected chi connectivity index (χ4v) is 3.32. The summed E-state index contributed by atoms with van der Waals surface area (Å²) < 4.78 is 4.96. The molecule has 0 radical (unpaired) electrons. The van der Waals surface area contributed by atoms with Gasteiger partial charge in [0.15, 0.2) is 0 Å². The summed E-state index contributed by atoms with van der Waals surface area (Å²) in [5.41, 5.74) is 1.09. The molecule has 1 fully saturated rings. The van der Waals surface area contributed by atoms with Crippen LogP contribution in [-0.2, 0) is 4.74 Å². The van der Waals surface area contributed by atoms with Crippen LogP contribution < -0.4 is 5.32 Å². The number of imide groups is 1. The highest BCUT2D eigenvalue weighted by atomic mass is 16.6. The SMILES string of the molecule is CCOC(=O)N1CCN(C(=O)Nc2ccc3c(c2)C(=O)N(C(C)C)C3=O)CC1. The highest BCUT2D eigenvalue weighted by molar-refractivity contribution is 6.22. The lowest BCUT2D eigenvalue weighted by Gasteiger charge is -2.34. The number of hydrogen-bond donors (Lipinski definition) is 1. The van der Waals surface area contributed by atoms with Gasteiger partial charge in [0.05, 0.1) is 17.7 Å². The number of urea groups is 1. The van der Waals surface area contributed by atoms with Gasteiger partial charge in [-0.15, -0.1) is 0 Å². The molecule has 1 aromatic rings. The van der Waals surface area contributed by atoms with Gasteiger partial charge in [0.1, 0.15) is 0 Å². The predicted molar refractivity (Wildman–Crippen MR) is 101 cm³/mol. The number of nitrogens with one attached hydrogen (secondary N) is 1. The van der Waals surface area contributed by atoms with E-state index < -0.39 is 0 Å². The first kappa shape index (κ1) is 19.7. The fourth-order valence-electron chi connectivity index (χ4n) is 3.32. The molecule has 0 unspecified atom stereocenters. The molecular formula is C19H24N4O5. The molecule has 0 aromatic heterocycles. The highest BCUT2D eigenvalue weighted by Crippen LogP contribution is 2.27. The molecule has 0 spiro atoms. The van der Waals surface area contributed by atoms with E-state index in [1.54, 1.807) is 42.7 Å². The third-order valence-electron chi connectivity index (χ3n) is 4.78. The number of carbonyl (C=O) groups is 4. The van der Waals surface area contributed by atoms with E-state index in [4.69, 9.17) is 4.74 Å². The average molecular weight is 388 g/mol. The quantitative estimate of drug-likeness (QED) is 0.799. The van der Waals surface area contributed by atoms with E-state index in [1.165, 1.54) is 11.0 Å². The standard InChI is InChI=1S/C19H24N4O5/c1-4-28-19(27)22-9-7-21(8-10-22)18(26)20-13-5-6-14-15(11-13)17(25)23(12(2)3)16(14)24/h5-6,11-12H,4,7-10H2,1-3H3,(H,20,26). The Balaban J connectivity index is 1.63. The van der Waals surface area contributed by atoms with Crippen molar-refractivity contribution in [3.63, 3.8) is 0 Å². The van der Waals surface area contributed by atoms with Crippen molar-refractivity contribution in [3.05, 3.63) is 29.3 Å². The van der Waals surface area contributed by atoms with Crippen LogP contribution in [0.3, 0.4) is 0 Å². The largest absolute Gasteiger partial charge is 0.450 e. The smallest absolute Gasteiger partial charge is 0.409 e. The van der Waals surface area contributed by atoms with E-state index in [2.05, 4.69) is 5.32 Å². The Labute approximate surface area is 163 Å². The van der Waals surface area contributed by atoms with Crippen molar-refractivity contribution < 1.29 is 23.9 Å². The summed E-state index contributed by atoms with van der Waals surface area (Å²) in [7, 11) is 0. The minimum atomic E-state index is -0.376. The lowest BCUT2D eigenvalue weighted by molar-refractivity contribution is 0.0608. The van der Waals surface area contributed by atoms with Crippen molar-refractivity contribution >= 4 is 29.6 Å². The van der Waals surface area contributed by atoms with Crippen LogP contribution in [0.15, 0.2) is 18.2 Å². The lowest BCUT2D eigenvalue weighted by Crippen LogP contribution is -2.51. The number of hydrogen-bond acceptors (Lipinski definition) is 5. The summed E-state index contributed by atoms with van der Waals surface area (Å²) in [6.45, 7) is 7.17. The first-order valence-electron chi connectivity index (χ1n) is 9.33. The first-order chi connectivity index (χ1) is 13.3. The van der Waals surface area contributed by atoms with Gasteiger partial charge in [0.25, 0.3) is 11.8 Å². The average Bonchev–Trinajstić information content (AvgIpc) is 2.92. The number of carbonyl (C=O) groups excluding carboxylic acids is 4. The topological polar surface area (TPSA) is 99.3 Å². The minimum absolute atomic E-state index is 0.235. The van der Waals surface area contributed by atoms with Crippen molar-refractivity contribution in [1.29, 1.82) is 0 Å². The molecule has 5 amide bonds. The van der Waals surface area contributed by atoms with E-state index in [1.807, 2.05) is 0 Å². The summed E-state index contributed by atoms with van der Waals surface area (Å²) in [6.07, 6.45) is -0.376. The summed E-state index contributed by atoms with van der Waals surface area (Å²) in [5.74, 6) is -0.669. The van der Waals surface area contributed by atoms with Crippen LogP contribution in [0.5, 0.6) is 0 Å². The molecule has 150 valence electrons. The maximum absolute atomic E-state index is 12.5. The molecule has 2 aliphatic rings. The zero-order valence-corrected chi connectivity index (χ0v) is 16.2. The summed E-state index contributed by atoms with van der Waals surface area (Å²) >= 11 is 0. The predicted octanol–water partition coefficient (Wildman–Crippen LogP) is 2.00. The number of amides is 5. The molecule has 28 heavy (non-hydrogen) atoms. The number of ether oxygens (including phenoxy) is 1. The van der Waals surface area contributed by atoms with Crippen molar-refractivity contribution in [3.8, 4) is 0 Å². The molecule has 9 nitrogen and oxygen atoms in total. The Morgan fingerprint density at radius 1 is 1.04 bits per heavy atom. The highest BCUT2D eigenvalue weighted by Gasteiger charge is 2.37. The van der Waals surface area contributed by atoms with E-state index in [9.17, 15) is 19.2 Å². The Hall–Kier alpha value is -3.10. The third kappa shape index (κ3) is 3.64. The molecular weight excluding hydrogens is 364 g/mol. The Bertz CT molecular complexity index is 815. The normalized spacial score (nSPS) is 16.5. The van der Waals surface area contributed by atoms with Crippen LogP contribution in [0.25, 0.3) is 0 Å². The lowest BCUT2D eigenvalue weighted by atomic mass is 10.1. The number of rotatable bonds is 3. The molecule has 2 heterocycles. The molecule has 1 aromatic carbocycles. The summed E-state index contributed by atoms with van der Waals surface area (Å²) in [4.78, 5) is 53.4. The molecule has 3 rings (SSSR count). The van der Waals surface area contributed by atoms with Gasteiger partial charge >= 0.3 is 12.1 Å². The zero-order chi connectivity index (χ0) is 20.4. The second-order valence-electron chi connectivity index (χ2n) is 6.94. The summed E-state index contributed by atoms with van der Waals surface area (Å²) in [6, 6.07) is 4.15. The van der Waals surface area contributed by atoms with Gasteiger partial charge in [-0.05, 0) is 39.0 Å². The van der Waals surface area contributed by atoms with Gasteiger partial charge in [-0.25, -0.2) is 9.59 Å². The first-order valence-corrected chi connectivity index (χ1v) is 9.33. The number of benzene rings is 1. The van der Waals surface area contributed by atoms with E-state index in [0.29, 0.717) is 49.6 Å². The van der Waals surface area contributed by atoms with Gasteiger partial charge in [0, 0.05) is 37.9 Å². The van der Waals surface area contributed by atoms with Crippen LogP contribution in [0.1, 0.15) is 41.5 Å². The number of piperazine rings is 1. The molecule has 1 saturated heterocycles. The van der Waals surface area contributed by atoms with E-state index in [0.717, 1.165) is 0 Å². The van der Waals surface area contributed by atoms with Gasteiger partial charge in [-0.3, -0.25) is 14.5 Å². The van der Waals surface area contributed by atoms with Crippen molar-refractivity contribution in [1.82, 2.24) is 14.7 Å². The number of fused-ring (bicyclic) bond motifs is 1. The Morgan fingerprint density at radius 3 is 2.25 bits per heavy atom. The maximum atomic E-state index is 12.5. The van der Waals surface area contributed by atoms with Crippen molar-refractivity contribution in [2.24, 2.45) is 0 Å².